The minimum absolute atomic E-state index is 0. The second-order valence-corrected chi connectivity index (χ2v) is 4.33. The molecule has 3 nitrogen and oxygen atoms in total. The van der Waals surface area contributed by atoms with Crippen LogP contribution >= 0.6 is 12.4 Å². The molecule has 1 atom stereocenters. The van der Waals surface area contributed by atoms with Gasteiger partial charge >= 0.3 is 0 Å². The molecule has 2 heterocycles. The minimum Gasteiger partial charge on any atom is -0.330 e. The highest BCUT2D eigenvalue weighted by molar-refractivity contribution is 5.85. The molecule has 1 unspecified atom stereocenters. The third-order valence-electron chi connectivity index (χ3n) is 3.09. The smallest absolute Gasteiger partial charge is 0.0271 e. The maximum absolute atomic E-state index is 5.72. The molecule has 16 heavy (non-hydrogen) atoms. The zero-order valence-corrected chi connectivity index (χ0v) is 10.3. The Balaban J connectivity index is 0.00000128. The molecular formula is C12H20ClN3. The molecule has 1 aromatic heterocycles. The molecule has 2 rings (SSSR count). The van der Waals surface area contributed by atoms with Gasteiger partial charge in [-0.25, -0.2) is 0 Å². The zero-order chi connectivity index (χ0) is 10.5. The molecular weight excluding hydrogens is 222 g/mol. The number of piperidine rings is 1. The molecule has 0 aromatic carbocycles. The lowest BCUT2D eigenvalue weighted by Crippen LogP contribution is -2.37. The summed E-state index contributed by atoms with van der Waals surface area (Å²) >= 11 is 0. The molecule has 0 radical (unpaired) electrons. The first-order chi connectivity index (χ1) is 7.38. The summed E-state index contributed by atoms with van der Waals surface area (Å²) in [6.07, 6.45) is 6.30. The molecule has 0 bridgehead atoms. The SMILES string of the molecule is Cl.NCC1CCCN(Cc2ccncc2)C1. The molecule has 1 aliphatic rings. The van der Waals surface area contributed by atoms with E-state index in [9.17, 15) is 0 Å². The number of hydrogen-bond acceptors (Lipinski definition) is 3. The van der Waals surface area contributed by atoms with Crippen molar-refractivity contribution in [3.8, 4) is 0 Å². The predicted octanol–water partition coefficient (Wildman–Crippen LogP) is 1.67. The van der Waals surface area contributed by atoms with Crippen LogP contribution in [0.3, 0.4) is 0 Å². The van der Waals surface area contributed by atoms with Gasteiger partial charge in [-0.15, -0.1) is 12.4 Å². The summed E-state index contributed by atoms with van der Waals surface area (Å²) in [7, 11) is 0. The van der Waals surface area contributed by atoms with Gasteiger partial charge < -0.3 is 5.73 Å². The van der Waals surface area contributed by atoms with Gasteiger partial charge in [0.05, 0.1) is 0 Å². The second kappa shape index (κ2) is 6.84. The highest BCUT2D eigenvalue weighted by Crippen LogP contribution is 2.17. The maximum atomic E-state index is 5.72. The van der Waals surface area contributed by atoms with Crippen LogP contribution in [0.4, 0.5) is 0 Å². The van der Waals surface area contributed by atoms with E-state index in [1.165, 1.54) is 24.9 Å². The van der Waals surface area contributed by atoms with Gasteiger partial charge in [0.15, 0.2) is 0 Å². The summed E-state index contributed by atoms with van der Waals surface area (Å²) in [5, 5.41) is 0. The number of aromatic nitrogens is 1. The summed E-state index contributed by atoms with van der Waals surface area (Å²) < 4.78 is 0. The van der Waals surface area contributed by atoms with Crippen molar-refractivity contribution >= 4 is 12.4 Å². The Morgan fingerprint density at radius 1 is 1.38 bits per heavy atom. The Hall–Kier alpha value is -0.640. The van der Waals surface area contributed by atoms with Gasteiger partial charge in [-0.05, 0) is 49.5 Å². The van der Waals surface area contributed by atoms with Gasteiger partial charge in [0.1, 0.15) is 0 Å². The van der Waals surface area contributed by atoms with Crippen LogP contribution in [0.5, 0.6) is 0 Å². The van der Waals surface area contributed by atoms with Gasteiger partial charge in [-0.1, -0.05) is 0 Å². The monoisotopic (exact) mass is 241 g/mol. The van der Waals surface area contributed by atoms with E-state index in [-0.39, 0.29) is 12.4 Å². The largest absolute Gasteiger partial charge is 0.330 e. The quantitative estimate of drug-likeness (QED) is 0.876. The van der Waals surface area contributed by atoms with Crippen LogP contribution in [0.1, 0.15) is 18.4 Å². The highest BCUT2D eigenvalue weighted by Gasteiger charge is 2.18. The van der Waals surface area contributed by atoms with E-state index < -0.39 is 0 Å². The van der Waals surface area contributed by atoms with Crippen LogP contribution in [-0.4, -0.2) is 29.5 Å². The molecule has 0 aliphatic carbocycles. The van der Waals surface area contributed by atoms with E-state index in [0.29, 0.717) is 5.92 Å². The Bertz CT molecular complexity index is 292. The molecule has 0 spiro atoms. The lowest BCUT2D eigenvalue weighted by molar-refractivity contribution is 0.171. The summed E-state index contributed by atoms with van der Waals surface area (Å²) in [4.78, 5) is 6.53. The number of halogens is 1. The fraction of sp³-hybridized carbons (Fsp3) is 0.583. The topological polar surface area (TPSA) is 42.1 Å². The van der Waals surface area contributed by atoms with Crippen molar-refractivity contribution in [1.29, 1.82) is 0 Å². The van der Waals surface area contributed by atoms with Crippen LogP contribution < -0.4 is 5.73 Å². The van der Waals surface area contributed by atoms with E-state index in [1.807, 2.05) is 12.4 Å². The van der Waals surface area contributed by atoms with E-state index in [0.717, 1.165) is 19.6 Å². The van der Waals surface area contributed by atoms with E-state index in [2.05, 4.69) is 22.0 Å². The fourth-order valence-corrected chi connectivity index (χ4v) is 2.23. The van der Waals surface area contributed by atoms with Crippen molar-refractivity contribution in [3.63, 3.8) is 0 Å². The number of likely N-dealkylation sites (tertiary alicyclic amines) is 1. The standard InChI is InChI=1S/C12H19N3.ClH/c13-8-12-2-1-7-15(10-12)9-11-3-5-14-6-4-11;/h3-6,12H,1-2,7-10,13H2;1H. The normalized spacial score (nSPS) is 21.4. The summed E-state index contributed by atoms with van der Waals surface area (Å²) in [5.41, 5.74) is 7.07. The summed E-state index contributed by atoms with van der Waals surface area (Å²) in [6, 6.07) is 4.18. The number of nitrogens with zero attached hydrogens (tertiary/aromatic N) is 2. The van der Waals surface area contributed by atoms with Crippen molar-refractivity contribution in [2.45, 2.75) is 19.4 Å². The van der Waals surface area contributed by atoms with Gasteiger partial charge in [-0.3, -0.25) is 9.88 Å². The van der Waals surface area contributed by atoms with Gasteiger partial charge in [-0.2, -0.15) is 0 Å². The lowest BCUT2D eigenvalue weighted by Gasteiger charge is -2.32. The maximum Gasteiger partial charge on any atom is 0.0271 e. The van der Waals surface area contributed by atoms with Crippen molar-refractivity contribution in [2.75, 3.05) is 19.6 Å². The predicted molar refractivity (Wildman–Crippen MR) is 68.5 cm³/mol. The van der Waals surface area contributed by atoms with Crippen molar-refractivity contribution in [3.05, 3.63) is 30.1 Å². The molecule has 90 valence electrons. The van der Waals surface area contributed by atoms with E-state index in [4.69, 9.17) is 5.73 Å². The van der Waals surface area contributed by atoms with E-state index >= 15 is 0 Å². The molecule has 1 aliphatic heterocycles. The number of rotatable bonds is 3. The van der Waals surface area contributed by atoms with Crippen molar-refractivity contribution < 1.29 is 0 Å². The molecule has 1 aromatic rings. The first-order valence-corrected chi connectivity index (χ1v) is 5.70. The van der Waals surface area contributed by atoms with Crippen LogP contribution in [0, 0.1) is 5.92 Å². The Morgan fingerprint density at radius 3 is 2.81 bits per heavy atom. The third kappa shape index (κ3) is 3.74. The minimum atomic E-state index is 0. The summed E-state index contributed by atoms with van der Waals surface area (Å²) in [6.45, 7) is 4.23. The average molecular weight is 242 g/mol. The van der Waals surface area contributed by atoms with Gasteiger partial charge in [0.2, 0.25) is 0 Å². The van der Waals surface area contributed by atoms with Crippen LogP contribution in [0.15, 0.2) is 24.5 Å². The lowest BCUT2D eigenvalue weighted by atomic mass is 9.98. The van der Waals surface area contributed by atoms with Gasteiger partial charge in [0.25, 0.3) is 0 Å². The zero-order valence-electron chi connectivity index (χ0n) is 9.51. The van der Waals surface area contributed by atoms with E-state index in [1.54, 1.807) is 0 Å². The third-order valence-corrected chi connectivity index (χ3v) is 3.09. The first kappa shape index (κ1) is 13.4. The number of pyridine rings is 1. The molecule has 1 saturated heterocycles. The number of nitrogens with two attached hydrogens (primary N) is 1. The Labute approximate surface area is 103 Å². The van der Waals surface area contributed by atoms with Gasteiger partial charge in [0, 0.05) is 25.5 Å². The number of hydrogen-bond donors (Lipinski definition) is 1. The molecule has 2 N–H and O–H groups in total. The Kier molecular flexibility index (Phi) is 5.74. The fourth-order valence-electron chi connectivity index (χ4n) is 2.23. The second-order valence-electron chi connectivity index (χ2n) is 4.33. The van der Waals surface area contributed by atoms with Crippen LogP contribution in [-0.2, 0) is 6.54 Å². The average Bonchev–Trinajstić information content (AvgIpc) is 2.31. The molecule has 1 fully saturated rings. The van der Waals surface area contributed by atoms with Crippen molar-refractivity contribution in [1.82, 2.24) is 9.88 Å². The highest BCUT2D eigenvalue weighted by atomic mass is 35.5. The van der Waals surface area contributed by atoms with Crippen LogP contribution in [0.25, 0.3) is 0 Å². The van der Waals surface area contributed by atoms with Crippen LogP contribution in [0.2, 0.25) is 0 Å². The molecule has 4 heteroatoms. The molecule has 0 amide bonds. The first-order valence-electron chi connectivity index (χ1n) is 5.70. The van der Waals surface area contributed by atoms with Crippen molar-refractivity contribution in [2.24, 2.45) is 11.7 Å². The molecule has 0 saturated carbocycles. The Morgan fingerprint density at radius 2 is 2.12 bits per heavy atom. The summed E-state index contributed by atoms with van der Waals surface area (Å²) in [5.74, 6) is 0.695.